The van der Waals surface area contributed by atoms with Crippen molar-refractivity contribution in [2.45, 2.75) is 13.0 Å². The van der Waals surface area contributed by atoms with Crippen molar-refractivity contribution in [1.29, 1.82) is 0 Å². The number of hydrogen-bond donors (Lipinski definition) is 1. The lowest BCUT2D eigenvalue weighted by molar-refractivity contribution is 0.959. The van der Waals surface area contributed by atoms with E-state index in [0.29, 0.717) is 15.6 Å². The molecule has 0 aliphatic carbocycles. The Bertz CT molecular complexity index is 361. The first kappa shape index (κ1) is 10.4. The predicted octanol–water partition coefficient (Wildman–Crippen LogP) is 2.69. The first-order valence-electron chi connectivity index (χ1n) is 3.82. The molecule has 0 aliphatic rings. The van der Waals surface area contributed by atoms with Gasteiger partial charge >= 0.3 is 0 Å². The van der Waals surface area contributed by atoms with Gasteiger partial charge < -0.3 is 5.73 Å². The highest BCUT2D eigenvalue weighted by Crippen LogP contribution is 2.24. The maximum absolute atomic E-state index is 5.90. The molecule has 0 radical (unpaired) electrons. The zero-order valence-electron chi connectivity index (χ0n) is 7.14. The molecule has 0 saturated heterocycles. The lowest BCUT2D eigenvalue weighted by Gasteiger charge is -1.97. The fraction of sp³-hybridized carbons (Fsp3) is 0.200. The van der Waals surface area contributed by atoms with Crippen molar-refractivity contribution < 1.29 is 0 Å². The van der Waals surface area contributed by atoms with Gasteiger partial charge in [-0.25, -0.2) is 0 Å². The van der Waals surface area contributed by atoms with Crippen LogP contribution in [-0.4, -0.2) is 6.04 Å². The van der Waals surface area contributed by atoms with Gasteiger partial charge in [0.1, 0.15) is 0 Å². The smallest absolute Gasteiger partial charge is 0.0748 e. The van der Waals surface area contributed by atoms with Crippen LogP contribution in [0.25, 0.3) is 0 Å². The standard InChI is InChI=1S/C10H9Cl2N/c1-7(13)5-6-8-3-2-4-9(11)10(8)12/h2-4,7H,13H2,1H3. The molecule has 3 heteroatoms. The van der Waals surface area contributed by atoms with Crippen LogP contribution in [0.4, 0.5) is 0 Å². The normalized spacial score (nSPS) is 11.7. The second kappa shape index (κ2) is 4.53. The third kappa shape index (κ3) is 2.93. The van der Waals surface area contributed by atoms with Crippen molar-refractivity contribution >= 4 is 23.2 Å². The van der Waals surface area contributed by atoms with Crippen molar-refractivity contribution in [2.24, 2.45) is 5.73 Å². The van der Waals surface area contributed by atoms with Crippen molar-refractivity contribution in [3.05, 3.63) is 33.8 Å². The fourth-order valence-electron chi connectivity index (χ4n) is 0.792. The van der Waals surface area contributed by atoms with Crippen LogP contribution >= 0.6 is 23.2 Å². The van der Waals surface area contributed by atoms with E-state index in [2.05, 4.69) is 11.8 Å². The Labute approximate surface area is 87.8 Å². The first-order valence-corrected chi connectivity index (χ1v) is 4.58. The molecule has 0 heterocycles. The Morgan fingerprint density at radius 2 is 2.08 bits per heavy atom. The minimum absolute atomic E-state index is 0.157. The molecule has 0 bridgehead atoms. The monoisotopic (exact) mass is 213 g/mol. The van der Waals surface area contributed by atoms with E-state index in [-0.39, 0.29) is 6.04 Å². The Kier molecular flexibility index (Phi) is 3.62. The van der Waals surface area contributed by atoms with Crippen LogP contribution in [0.15, 0.2) is 18.2 Å². The summed E-state index contributed by atoms with van der Waals surface area (Å²) in [5.41, 5.74) is 6.19. The lowest BCUT2D eigenvalue weighted by atomic mass is 10.2. The maximum atomic E-state index is 5.90. The molecule has 0 spiro atoms. The van der Waals surface area contributed by atoms with E-state index in [1.165, 1.54) is 0 Å². The molecule has 0 fully saturated rings. The van der Waals surface area contributed by atoms with Crippen LogP contribution < -0.4 is 5.73 Å². The number of hydrogen-bond acceptors (Lipinski definition) is 1. The van der Waals surface area contributed by atoms with Crippen molar-refractivity contribution in [2.75, 3.05) is 0 Å². The number of halogens is 2. The summed E-state index contributed by atoms with van der Waals surface area (Å²) < 4.78 is 0. The van der Waals surface area contributed by atoms with E-state index in [1.54, 1.807) is 12.1 Å². The van der Waals surface area contributed by atoms with Gasteiger partial charge in [-0.3, -0.25) is 0 Å². The topological polar surface area (TPSA) is 26.0 Å². The van der Waals surface area contributed by atoms with Crippen molar-refractivity contribution in [3.63, 3.8) is 0 Å². The SMILES string of the molecule is CC(N)C#Cc1cccc(Cl)c1Cl. The van der Waals surface area contributed by atoms with E-state index < -0.39 is 0 Å². The summed E-state index contributed by atoms with van der Waals surface area (Å²) in [5, 5.41) is 0.996. The second-order valence-corrected chi connectivity index (χ2v) is 3.44. The molecule has 68 valence electrons. The number of nitrogens with two attached hydrogens (primary N) is 1. The van der Waals surface area contributed by atoms with Gasteiger partial charge in [-0.05, 0) is 19.1 Å². The average molecular weight is 214 g/mol. The summed E-state index contributed by atoms with van der Waals surface area (Å²) in [6, 6.07) is 5.18. The van der Waals surface area contributed by atoms with Gasteiger partial charge in [-0.1, -0.05) is 41.1 Å². The zero-order chi connectivity index (χ0) is 9.84. The van der Waals surface area contributed by atoms with Crippen molar-refractivity contribution in [1.82, 2.24) is 0 Å². The van der Waals surface area contributed by atoms with Crippen molar-refractivity contribution in [3.8, 4) is 11.8 Å². The number of rotatable bonds is 0. The Morgan fingerprint density at radius 1 is 1.38 bits per heavy atom. The second-order valence-electron chi connectivity index (χ2n) is 2.66. The van der Waals surface area contributed by atoms with Gasteiger partial charge in [0, 0.05) is 5.56 Å². The van der Waals surface area contributed by atoms with Gasteiger partial charge in [0.2, 0.25) is 0 Å². The molecule has 2 N–H and O–H groups in total. The molecule has 0 saturated carbocycles. The molecule has 1 atom stereocenters. The molecule has 0 amide bonds. The molecule has 1 nitrogen and oxygen atoms in total. The fourth-order valence-corrected chi connectivity index (χ4v) is 1.14. The van der Waals surface area contributed by atoms with E-state index in [4.69, 9.17) is 28.9 Å². The highest BCUT2D eigenvalue weighted by Gasteiger charge is 2.00. The van der Waals surface area contributed by atoms with Crippen LogP contribution in [0, 0.1) is 11.8 Å². The summed E-state index contributed by atoms with van der Waals surface area (Å²) in [6.07, 6.45) is 0. The maximum Gasteiger partial charge on any atom is 0.0748 e. The number of benzene rings is 1. The molecule has 1 aromatic carbocycles. The summed E-state index contributed by atoms with van der Waals surface area (Å²) in [5.74, 6) is 5.68. The minimum atomic E-state index is -0.157. The molecular formula is C10H9Cl2N. The molecule has 0 aliphatic heterocycles. The molecule has 1 unspecified atom stereocenters. The Balaban J connectivity index is 3.04. The molecule has 1 rings (SSSR count). The van der Waals surface area contributed by atoms with Gasteiger partial charge in [-0.15, -0.1) is 0 Å². The lowest BCUT2D eigenvalue weighted by Crippen LogP contribution is -2.10. The van der Waals surface area contributed by atoms with E-state index in [1.807, 2.05) is 13.0 Å². The Hall–Kier alpha value is -0.680. The van der Waals surface area contributed by atoms with Gasteiger partial charge in [0.05, 0.1) is 16.1 Å². The summed E-state index contributed by atoms with van der Waals surface area (Å²) in [4.78, 5) is 0. The largest absolute Gasteiger partial charge is 0.318 e. The molecule has 13 heavy (non-hydrogen) atoms. The van der Waals surface area contributed by atoms with E-state index >= 15 is 0 Å². The highest BCUT2D eigenvalue weighted by molar-refractivity contribution is 6.42. The zero-order valence-corrected chi connectivity index (χ0v) is 8.65. The van der Waals surface area contributed by atoms with Crippen LogP contribution in [0.2, 0.25) is 10.0 Å². The first-order chi connectivity index (χ1) is 6.11. The summed E-state index contributed by atoms with van der Waals surface area (Å²) >= 11 is 11.7. The average Bonchev–Trinajstić information content (AvgIpc) is 2.07. The summed E-state index contributed by atoms with van der Waals surface area (Å²) in [7, 11) is 0. The molecular weight excluding hydrogens is 205 g/mol. The Morgan fingerprint density at radius 3 is 2.69 bits per heavy atom. The molecule has 0 aromatic heterocycles. The third-order valence-corrected chi connectivity index (χ3v) is 2.21. The van der Waals surface area contributed by atoms with Crippen LogP contribution in [0.3, 0.4) is 0 Å². The van der Waals surface area contributed by atoms with Crippen LogP contribution in [0.1, 0.15) is 12.5 Å². The quantitative estimate of drug-likeness (QED) is 0.660. The van der Waals surface area contributed by atoms with Gasteiger partial charge in [0.25, 0.3) is 0 Å². The van der Waals surface area contributed by atoms with E-state index in [0.717, 1.165) is 0 Å². The van der Waals surface area contributed by atoms with E-state index in [9.17, 15) is 0 Å². The van der Waals surface area contributed by atoms with Crippen LogP contribution in [0.5, 0.6) is 0 Å². The predicted molar refractivity (Wildman–Crippen MR) is 57.0 cm³/mol. The van der Waals surface area contributed by atoms with Gasteiger partial charge in [0.15, 0.2) is 0 Å². The highest BCUT2D eigenvalue weighted by atomic mass is 35.5. The third-order valence-electron chi connectivity index (χ3n) is 1.39. The van der Waals surface area contributed by atoms with Crippen LogP contribution in [-0.2, 0) is 0 Å². The minimum Gasteiger partial charge on any atom is -0.318 e. The van der Waals surface area contributed by atoms with Gasteiger partial charge in [-0.2, -0.15) is 0 Å². The summed E-state index contributed by atoms with van der Waals surface area (Å²) in [6.45, 7) is 1.81. The molecule has 1 aromatic rings.